The molecule has 3 rings (SSSR count). The van der Waals surface area contributed by atoms with Crippen molar-refractivity contribution in [1.29, 1.82) is 0 Å². The highest BCUT2D eigenvalue weighted by atomic mass is 32.2. The molecule has 0 amide bonds. The van der Waals surface area contributed by atoms with E-state index in [1.807, 2.05) is 11.8 Å². The van der Waals surface area contributed by atoms with E-state index in [0.717, 1.165) is 5.92 Å². The molecule has 0 bridgehead atoms. The molecule has 2 heteroatoms. The Morgan fingerprint density at radius 1 is 1.25 bits per heavy atom. The van der Waals surface area contributed by atoms with E-state index in [1.165, 1.54) is 49.4 Å². The average molecular weight is 233 g/mol. The van der Waals surface area contributed by atoms with Gasteiger partial charge in [0.2, 0.25) is 0 Å². The maximum atomic E-state index is 3.44. The first-order valence-electron chi connectivity index (χ1n) is 6.37. The minimum Gasteiger partial charge on any atom is -0.317 e. The van der Waals surface area contributed by atoms with Gasteiger partial charge < -0.3 is 5.32 Å². The van der Waals surface area contributed by atoms with Gasteiger partial charge in [0.1, 0.15) is 0 Å². The summed E-state index contributed by atoms with van der Waals surface area (Å²) in [7, 11) is 0. The van der Waals surface area contributed by atoms with Crippen molar-refractivity contribution in [3.63, 3.8) is 0 Å². The van der Waals surface area contributed by atoms with Crippen molar-refractivity contribution in [3.8, 4) is 0 Å². The summed E-state index contributed by atoms with van der Waals surface area (Å²) in [6.07, 6.45) is 5.28. The third-order valence-electron chi connectivity index (χ3n) is 3.74. The van der Waals surface area contributed by atoms with Crippen molar-refractivity contribution >= 4 is 11.8 Å². The molecule has 0 unspecified atom stereocenters. The van der Waals surface area contributed by atoms with Gasteiger partial charge in [-0.1, -0.05) is 12.1 Å². The van der Waals surface area contributed by atoms with Crippen molar-refractivity contribution in [3.05, 3.63) is 29.3 Å². The van der Waals surface area contributed by atoms with E-state index in [-0.39, 0.29) is 0 Å². The molecule has 1 saturated heterocycles. The number of nitrogens with one attached hydrogen (secondary N) is 1. The first-order chi connectivity index (χ1) is 7.92. The van der Waals surface area contributed by atoms with E-state index in [1.54, 1.807) is 11.1 Å². The van der Waals surface area contributed by atoms with Gasteiger partial charge in [-0.15, -0.1) is 11.8 Å². The van der Waals surface area contributed by atoms with Crippen molar-refractivity contribution in [2.75, 3.05) is 18.8 Å². The van der Waals surface area contributed by atoms with Crippen LogP contribution >= 0.6 is 11.8 Å². The maximum absolute atomic E-state index is 3.44. The van der Waals surface area contributed by atoms with Gasteiger partial charge in [-0.05, 0) is 61.9 Å². The van der Waals surface area contributed by atoms with Gasteiger partial charge in [0.05, 0.1) is 0 Å². The second-order valence-electron chi connectivity index (χ2n) is 4.94. The molecule has 0 aliphatic carbocycles. The smallest absolute Gasteiger partial charge is 0.0105 e. The number of rotatable bonds is 2. The summed E-state index contributed by atoms with van der Waals surface area (Å²) in [4.78, 5) is 1.52. The van der Waals surface area contributed by atoms with Crippen LogP contribution in [0.15, 0.2) is 23.1 Å². The molecule has 1 aromatic carbocycles. The first-order valence-corrected chi connectivity index (χ1v) is 7.36. The summed E-state index contributed by atoms with van der Waals surface area (Å²) < 4.78 is 0. The highest BCUT2D eigenvalue weighted by Gasteiger charge is 2.16. The molecule has 0 atom stereocenters. The number of aryl methyl sites for hydroxylation is 1. The molecule has 2 aliphatic heterocycles. The third-order valence-corrected chi connectivity index (χ3v) is 4.85. The minimum atomic E-state index is 0.911. The molecule has 0 radical (unpaired) electrons. The lowest BCUT2D eigenvalue weighted by Crippen LogP contribution is -2.28. The molecule has 86 valence electrons. The fourth-order valence-electron chi connectivity index (χ4n) is 2.79. The summed E-state index contributed by atoms with van der Waals surface area (Å²) in [6.45, 7) is 2.43. The zero-order chi connectivity index (χ0) is 10.8. The molecule has 1 nitrogen and oxygen atoms in total. The number of hydrogen-bond acceptors (Lipinski definition) is 2. The van der Waals surface area contributed by atoms with E-state index in [2.05, 4.69) is 23.5 Å². The summed E-state index contributed by atoms with van der Waals surface area (Å²) in [5, 5.41) is 3.44. The van der Waals surface area contributed by atoms with Crippen molar-refractivity contribution in [2.45, 2.75) is 30.6 Å². The van der Waals surface area contributed by atoms with Crippen LogP contribution in [0.1, 0.15) is 24.0 Å². The lowest BCUT2D eigenvalue weighted by Gasteiger charge is -2.22. The van der Waals surface area contributed by atoms with Gasteiger partial charge in [-0.2, -0.15) is 0 Å². The van der Waals surface area contributed by atoms with Crippen LogP contribution in [-0.2, 0) is 12.8 Å². The number of fused-ring (bicyclic) bond motifs is 1. The lowest BCUT2D eigenvalue weighted by atomic mass is 9.90. The Hall–Kier alpha value is -0.470. The fraction of sp³-hybridized carbons (Fsp3) is 0.571. The second kappa shape index (κ2) is 4.80. The molecule has 1 fully saturated rings. The molecular weight excluding hydrogens is 214 g/mol. The number of benzene rings is 1. The highest BCUT2D eigenvalue weighted by molar-refractivity contribution is 7.99. The predicted molar refractivity (Wildman–Crippen MR) is 70.2 cm³/mol. The summed E-state index contributed by atoms with van der Waals surface area (Å²) >= 11 is 2.01. The van der Waals surface area contributed by atoms with Gasteiger partial charge in [-0.25, -0.2) is 0 Å². The third kappa shape index (κ3) is 2.28. The standard InChI is InChI=1S/C14H19NS/c1-2-14-13(5-8-16-14)10-12(1)9-11-3-6-15-7-4-11/h1-2,10-11,15H,3-9H2. The quantitative estimate of drug-likeness (QED) is 0.843. The van der Waals surface area contributed by atoms with Crippen LogP contribution in [0.25, 0.3) is 0 Å². The molecule has 16 heavy (non-hydrogen) atoms. The number of thioether (sulfide) groups is 1. The molecule has 0 saturated carbocycles. The summed E-state index contributed by atoms with van der Waals surface area (Å²) in [6, 6.07) is 7.14. The van der Waals surface area contributed by atoms with Gasteiger partial charge in [-0.3, -0.25) is 0 Å². The maximum Gasteiger partial charge on any atom is 0.0105 e. The Bertz CT molecular complexity index is 369. The normalized spacial score (nSPS) is 21.0. The monoisotopic (exact) mass is 233 g/mol. The van der Waals surface area contributed by atoms with E-state index >= 15 is 0 Å². The Morgan fingerprint density at radius 3 is 3.00 bits per heavy atom. The zero-order valence-corrected chi connectivity index (χ0v) is 10.5. The van der Waals surface area contributed by atoms with Crippen LogP contribution in [0, 0.1) is 5.92 Å². The van der Waals surface area contributed by atoms with Gasteiger partial charge in [0, 0.05) is 10.6 Å². The van der Waals surface area contributed by atoms with Crippen LogP contribution in [0.2, 0.25) is 0 Å². The van der Waals surface area contributed by atoms with Gasteiger partial charge >= 0.3 is 0 Å². The Morgan fingerprint density at radius 2 is 2.12 bits per heavy atom. The highest BCUT2D eigenvalue weighted by Crippen LogP contribution is 2.32. The van der Waals surface area contributed by atoms with E-state index in [0.29, 0.717) is 0 Å². The minimum absolute atomic E-state index is 0.911. The van der Waals surface area contributed by atoms with Crippen molar-refractivity contribution in [1.82, 2.24) is 5.32 Å². The predicted octanol–water partition coefficient (Wildman–Crippen LogP) is 2.88. The molecular formula is C14H19NS. The van der Waals surface area contributed by atoms with Crippen molar-refractivity contribution in [2.24, 2.45) is 5.92 Å². The number of hydrogen-bond donors (Lipinski definition) is 1. The molecule has 1 aromatic rings. The van der Waals surface area contributed by atoms with Crippen LogP contribution in [0.5, 0.6) is 0 Å². The van der Waals surface area contributed by atoms with E-state index in [9.17, 15) is 0 Å². The lowest BCUT2D eigenvalue weighted by molar-refractivity contribution is 0.372. The molecule has 0 aromatic heterocycles. The molecule has 0 spiro atoms. The number of piperidine rings is 1. The molecule has 2 heterocycles. The van der Waals surface area contributed by atoms with E-state index in [4.69, 9.17) is 0 Å². The average Bonchev–Trinajstić information content (AvgIpc) is 2.77. The molecule has 1 N–H and O–H groups in total. The van der Waals surface area contributed by atoms with Crippen LogP contribution in [0.4, 0.5) is 0 Å². The van der Waals surface area contributed by atoms with Crippen LogP contribution in [0.3, 0.4) is 0 Å². The van der Waals surface area contributed by atoms with E-state index < -0.39 is 0 Å². The largest absolute Gasteiger partial charge is 0.317 e. The van der Waals surface area contributed by atoms with Crippen molar-refractivity contribution < 1.29 is 0 Å². The molecule has 2 aliphatic rings. The summed E-state index contributed by atoms with van der Waals surface area (Å²) in [5.74, 6) is 2.19. The Kier molecular flexibility index (Phi) is 3.20. The van der Waals surface area contributed by atoms with Crippen LogP contribution in [-0.4, -0.2) is 18.8 Å². The first kappa shape index (κ1) is 10.7. The topological polar surface area (TPSA) is 12.0 Å². The van der Waals surface area contributed by atoms with Gasteiger partial charge in [0.15, 0.2) is 0 Å². The SMILES string of the molecule is c1cc2c(cc1CC1CCNCC1)CCS2. The van der Waals surface area contributed by atoms with Gasteiger partial charge in [0.25, 0.3) is 0 Å². The second-order valence-corrected chi connectivity index (χ2v) is 6.07. The fourth-order valence-corrected chi connectivity index (χ4v) is 3.84. The Balaban J connectivity index is 1.69. The zero-order valence-electron chi connectivity index (χ0n) is 9.67. The Labute approximate surface area is 102 Å². The summed E-state index contributed by atoms with van der Waals surface area (Å²) in [5.41, 5.74) is 3.16. The van der Waals surface area contributed by atoms with Crippen LogP contribution < -0.4 is 5.32 Å².